The number of rotatable bonds is 7. The smallest absolute Gasteiger partial charge is 0.110 e. The van der Waals surface area contributed by atoms with Crippen molar-refractivity contribution < 1.29 is 0 Å². The summed E-state index contributed by atoms with van der Waals surface area (Å²) >= 11 is 0. The number of pyridine rings is 1. The van der Waals surface area contributed by atoms with Crippen LogP contribution >= 0.6 is 0 Å². The Bertz CT molecular complexity index is 1870. The Morgan fingerprint density at radius 2 is 1.85 bits per heavy atom. The zero-order chi connectivity index (χ0) is 28.9. The molecule has 1 fully saturated rings. The molecule has 2 aromatic carbocycles. The van der Waals surface area contributed by atoms with Crippen LogP contribution in [0.15, 0.2) is 48.9 Å². The highest BCUT2D eigenvalue weighted by atomic mass is 15.5. The molecule has 1 aliphatic carbocycles. The number of nitrogens with zero attached hydrogens (tertiary/aromatic N) is 8. The maximum Gasteiger partial charge on any atom is 0.110 e. The SMILES string of the molecule is Cn1ncc2c([C@H](Nc3cc(C#N)c4ncc(C#N)c(NCC(C)(C)C)c4c3)c3cn(C4(C)CC4)nn3)cccc21. The molecule has 3 heterocycles. The van der Waals surface area contributed by atoms with Crippen molar-refractivity contribution in [3.63, 3.8) is 0 Å². The summed E-state index contributed by atoms with van der Waals surface area (Å²) in [5, 5.41) is 42.4. The largest absolute Gasteiger partial charge is 0.383 e. The lowest BCUT2D eigenvalue weighted by Crippen LogP contribution is -2.20. The molecule has 0 spiro atoms. The number of aryl methyl sites for hydroxylation is 1. The molecule has 0 radical (unpaired) electrons. The predicted molar refractivity (Wildman–Crippen MR) is 158 cm³/mol. The first-order valence-electron chi connectivity index (χ1n) is 13.7. The molecule has 0 unspecified atom stereocenters. The van der Waals surface area contributed by atoms with Gasteiger partial charge in [0.15, 0.2) is 0 Å². The van der Waals surface area contributed by atoms with Gasteiger partial charge in [-0.1, -0.05) is 38.1 Å². The van der Waals surface area contributed by atoms with Gasteiger partial charge in [-0.15, -0.1) is 5.10 Å². The number of nitriles is 2. The van der Waals surface area contributed by atoms with E-state index in [2.05, 4.69) is 76.9 Å². The molecular weight excluding hydrogens is 512 g/mol. The monoisotopic (exact) mass is 544 g/mol. The minimum absolute atomic E-state index is 0.0000285. The summed E-state index contributed by atoms with van der Waals surface area (Å²) in [5.74, 6) is 0. The summed E-state index contributed by atoms with van der Waals surface area (Å²) in [6, 6.07) is 14.1. The third-order valence-electron chi connectivity index (χ3n) is 7.79. The van der Waals surface area contributed by atoms with E-state index in [0.717, 1.165) is 35.0 Å². The van der Waals surface area contributed by atoms with E-state index in [-0.39, 0.29) is 17.0 Å². The van der Waals surface area contributed by atoms with Crippen molar-refractivity contribution in [2.24, 2.45) is 12.5 Å². The first kappa shape index (κ1) is 26.3. The summed E-state index contributed by atoms with van der Waals surface area (Å²) < 4.78 is 3.81. The molecule has 10 nitrogen and oxygen atoms in total. The lowest BCUT2D eigenvalue weighted by Gasteiger charge is -2.22. The fraction of sp³-hybridized carbons (Fsp3) is 0.355. The third-order valence-corrected chi connectivity index (χ3v) is 7.79. The topological polar surface area (TPSA) is 133 Å². The molecule has 6 rings (SSSR count). The van der Waals surface area contributed by atoms with Crippen LogP contribution in [0.1, 0.15) is 69.0 Å². The van der Waals surface area contributed by atoms with E-state index in [1.165, 1.54) is 6.20 Å². The van der Waals surface area contributed by atoms with E-state index >= 15 is 0 Å². The second-order valence-corrected chi connectivity index (χ2v) is 12.3. The molecule has 0 amide bonds. The number of nitrogens with one attached hydrogen (secondary N) is 2. The number of aromatic nitrogens is 6. The molecule has 2 N–H and O–H groups in total. The van der Waals surface area contributed by atoms with Crippen molar-refractivity contribution in [2.75, 3.05) is 17.2 Å². The van der Waals surface area contributed by atoms with Crippen molar-refractivity contribution in [3.8, 4) is 12.1 Å². The second-order valence-electron chi connectivity index (χ2n) is 12.3. The fourth-order valence-corrected chi connectivity index (χ4v) is 5.11. The summed E-state index contributed by atoms with van der Waals surface area (Å²) in [4.78, 5) is 4.50. The van der Waals surface area contributed by atoms with Gasteiger partial charge in [0.25, 0.3) is 0 Å². The van der Waals surface area contributed by atoms with Crippen LogP contribution in [0.4, 0.5) is 11.4 Å². The molecular formula is C31H32N10. The number of benzene rings is 2. The van der Waals surface area contributed by atoms with E-state index in [0.29, 0.717) is 39.9 Å². The molecule has 1 saturated carbocycles. The Morgan fingerprint density at radius 3 is 2.56 bits per heavy atom. The van der Waals surface area contributed by atoms with Gasteiger partial charge in [-0.3, -0.25) is 9.67 Å². The van der Waals surface area contributed by atoms with Gasteiger partial charge in [0, 0.05) is 36.2 Å². The number of fused-ring (bicyclic) bond motifs is 2. The molecule has 206 valence electrons. The van der Waals surface area contributed by atoms with Gasteiger partial charge in [0.1, 0.15) is 17.8 Å². The molecule has 5 aromatic rings. The highest BCUT2D eigenvalue weighted by Gasteiger charge is 2.41. The molecule has 0 saturated heterocycles. The first-order valence-corrected chi connectivity index (χ1v) is 13.7. The maximum atomic E-state index is 10.1. The zero-order valence-electron chi connectivity index (χ0n) is 23.9. The van der Waals surface area contributed by atoms with Crippen molar-refractivity contribution in [3.05, 3.63) is 71.3 Å². The van der Waals surface area contributed by atoms with E-state index in [9.17, 15) is 10.5 Å². The standard InChI is InChI=1S/C31H32N10/c1-30(2,3)18-35-28-20(14-33)15-34-27-19(13-32)11-21(12-23(27)28)37-29(25-17-41(39-38-25)31(4)9-10-31)22-7-6-8-26-24(22)16-36-40(26)5/h6-8,11-12,15-17,29,37H,9-10,18H2,1-5H3,(H,34,35)/t29-/m0/s1. The van der Waals surface area contributed by atoms with Gasteiger partial charge in [-0.25, -0.2) is 4.68 Å². The van der Waals surface area contributed by atoms with Crippen LogP contribution < -0.4 is 10.6 Å². The van der Waals surface area contributed by atoms with Crippen molar-refractivity contribution in [2.45, 2.75) is 52.1 Å². The number of hydrogen-bond donors (Lipinski definition) is 2. The Morgan fingerprint density at radius 1 is 1.07 bits per heavy atom. The van der Waals surface area contributed by atoms with E-state index in [1.54, 1.807) is 6.07 Å². The van der Waals surface area contributed by atoms with Crippen LogP contribution in [0.2, 0.25) is 0 Å². The van der Waals surface area contributed by atoms with Gasteiger partial charge in [-0.05, 0) is 48.9 Å². The lowest BCUT2D eigenvalue weighted by molar-refractivity contribution is 0.443. The molecule has 3 aromatic heterocycles. The maximum absolute atomic E-state index is 10.1. The summed E-state index contributed by atoms with van der Waals surface area (Å²) in [6.07, 6.45) is 7.55. The minimum Gasteiger partial charge on any atom is -0.383 e. The van der Waals surface area contributed by atoms with Crippen LogP contribution in [0.25, 0.3) is 21.8 Å². The van der Waals surface area contributed by atoms with Crippen LogP contribution in [0.5, 0.6) is 0 Å². The van der Waals surface area contributed by atoms with Gasteiger partial charge in [0.2, 0.25) is 0 Å². The van der Waals surface area contributed by atoms with Gasteiger partial charge in [0.05, 0.1) is 51.8 Å². The molecule has 0 aliphatic heterocycles. The van der Waals surface area contributed by atoms with Gasteiger partial charge >= 0.3 is 0 Å². The number of hydrogen-bond acceptors (Lipinski definition) is 8. The quantitative estimate of drug-likeness (QED) is 0.270. The van der Waals surface area contributed by atoms with E-state index in [1.807, 2.05) is 47.0 Å². The summed E-state index contributed by atoms with van der Waals surface area (Å²) in [7, 11) is 1.92. The zero-order valence-corrected chi connectivity index (χ0v) is 23.9. The second kappa shape index (κ2) is 9.60. The summed E-state index contributed by atoms with van der Waals surface area (Å²) in [5.41, 5.74) is 5.53. The van der Waals surface area contributed by atoms with Crippen LogP contribution in [-0.2, 0) is 12.6 Å². The van der Waals surface area contributed by atoms with Gasteiger partial charge in [-0.2, -0.15) is 15.6 Å². The Balaban J connectivity index is 1.51. The normalized spacial score (nSPS) is 14.9. The van der Waals surface area contributed by atoms with Crippen LogP contribution in [0.3, 0.4) is 0 Å². The van der Waals surface area contributed by atoms with E-state index in [4.69, 9.17) is 0 Å². The third kappa shape index (κ3) is 4.82. The van der Waals surface area contributed by atoms with Gasteiger partial charge < -0.3 is 10.6 Å². The highest BCUT2D eigenvalue weighted by molar-refractivity contribution is 5.99. The first-order chi connectivity index (χ1) is 19.6. The highest BCUT2D eigenvalue weighted by Crippen LogP contribution is 2.43. The van der Waals surface area contributed by atoms with Crippen LogP contribution in [-0.4, -0.2) is 36.3 Å². The molecule has 1 aliphatic rings. The predicted octanol–water partition coefficient (Wildman–Crippen LogP) is 5.62. The minimum atomic E-state index is -0.374. The van der Waals surface area contributed by atoms with Crippen molar-refractivity contribution in [1.29, 1.82) is 10.5 Å². The van der Waals surface area contributed by atoms with E-state index < -0.39 is 0 Å². The van der Waals surface area contributed by atoms with Crippen molar-refractivity contribution in [1.82, 2.24) is 29.8 Å². The molecule has 1 atom stereocenters. The molecule has 0 bridgehead atoms. The molecule has 10 heteroatoms. The Kier molecular flexibility index (Phi) is 6.15. The fourth-order valence-electron chi connectivity index (χ4n) is 5.11. The number of anilines is 2. The van der Waals surface area contributed by atoms with Crippen molar-refractivity contribution >= 4 is 33.2 Å². The lowest BCUT2D eigenvalue weighted by atomic mass is 9.96. The Hall–Kier alpha value is -4.96. The van der Waals surface area contributed by atoms with Crippen LogP contribution in [0, 0.1) is 28.1 Å². The molecule has 41 heavy (non-hydrogen) atoms. The Labute approximate surface area is 238 Å². The average molecular weight is 545 g/mol. The average Bonchev–Trinajstić information content (AvgIpc) is 3.32. The summed E-state index contributed by atoms with van der Waals surface area (Å²) in [6.45, 7) is 9.21.